The van der Waals surface area contributed by atoms with Gasteiger partial charge in [0.1, 0.15) is 5.75 Å². The predicted octanol–water partition coefficient (Wildman–Crippen LogP) is 1.63. The number of nitrogens with two attached hydrogens (primary N) is 1. The fraction of sp³-hybridized carbons (Fsp3) is 0. The zero-order chi connectivity index (χ0) is 9.26. The molecule has 0 fully saturated rings. The Labute approximate surface area is 74.3 Å². The zero-order valence-corrected chi connectivity index (χ0v) is 6.78. The van der Waals surface area contributed by atoms with Gasteiger partial charge in [-0.05, 0) is 24.3 Å². The summed E-state index contributed by atoms with van der Waals surface area (Å²) in [5.41, 5.74) is 5.87. The van der Waals surface area contributed by atoms with Crippen LogP contribution in [0.5, 0.6) is 5.75 Å². The van der Waals surface area contributed by atoms with Gasteiger partial charge in [0.25, 0.3) is 0 Å². The van der Waals surface area contributed by atoms with Gasteiger partial charge in [-0.2, -0.15) is 0 Å². The van der Waals surface area contributed by atoms with E-state index in [1.165, 1.54) is 0 Å². The molecule has 4 nitrogen and oxygen atoms in total. The Balaban J connectivity index is 2.42. The van der Waals surface area contributed by atoms with Crippen LogP contribution in [0.25, 0.3) is 10.9 Å². The molecule has 2 aromatic rings. The molecule has 4 heteroatoms. The number of nitrogens with one attached hydrogen (secondary N) is 1. The van der Waals surface area contributed by atoms with Crippen molar-refractivity contribution >= 4 is 17.0 Å². The number of carbonyl (C=O) groups excluding carboxylic acids is 1. The molecule has 66 valence electrons. The van der Waals surface area contributed by atoms with Gasteiger partial charge < -0.3 is 15.5 Å². The molecule has 3 N–H and O–H groups in total. The van der Waals surface area contributed by atoms with E-state index < -0.39 is 6.09 Å². The Hall–Kier alpha value is -1.97. The number of hydrogen-bond acceptors (Lipinski definition) is 2. The molecule has 1 aromatic carbocycles. The number of rotatable bonds is 1. The van der Waals surface area contributed by atoms with Crippen molar-refractivity contribution in [1.82, 2.24) is 4.98 Å². The lowest BCUT2D eigenvalue weighted by Crippen LogP contribution is -2.16. The number of carbonyl (C=O) groups is 1. The summed E-state index contributed by atoms with van der Waals surface area (Å²) in [6.45, 7) is 0. The van der Waals surface area contributed by atoms with Crippen molar-refractivity contribution in [3.05, 3.63) is 30.5 Å². The highest BCUT2D eigenvalue weighted by molar-refractivity contribution is 5.81. The van der Waals surface area contributed by atoms with Crippen LogP contribution in [0.2, 0.25) is 0 Å². The van der Waals surface area contributed by atoms with Crippen molar-refractivity contribution in [1.29, 1.82) is 0 Å². The Kier molecular flexibility index (Phi) is 1.66. The van der Waals surface area contributed by atoms with Crippen LogP contribution in [0.3, 0.4) is 0 Å². The minimum atomic E-state index is -0.796. The van der Waals surface area contributed by atoms with E-state index in [2.05, 4.69) is 4.98 Å². The molecular weight excluding hydrogens is 168 g/mol. The highest BCUT2D eigenvalue weighted by atomic mass is 16.5. The third-order valence-corrected chi connectivity index (χ3v) is 1.74. The fourth-order valence-corrected chi connectivity index (χ4v) is 1.21. The van der Waals surface area contributed by atoms with Crippen molar-refractivity contribution in [3.63, 3.8) is 0 Å². The molecular formula is C9H8N2O2. The third-order valence-electron chi connectivity index (χ3n) is 1.74. The van der Waals surface area contributed by atoms with Gasteiger partial charge in [0.2, 0.25) is 0 Å². The van der Waals surface area contributed by atoms with Gasteiger partial charge in [-0.15, -0.1) is 0 Å². The maximum Gasteiger partial charge on any atom is 0.409 e. The summed E-state index contributed by atoms with van der Waals surface area (Å²) in [7, 11) is 0. The predicted molar refractivity (Wildman–Crippen MR) is 48.5 cm³/mol. The van der Waals surface area contributed by atoms with E-state index in [1.54, 1.807) is 12.1 Å². The number of aromatic nitrogens is 1. The summed E-state index contributed by atoms with van der Waals surface area (Å²) in [5, 5.41) is 0.985. The first-order valence-electron chi connectivity index (χ1n) is 3.80. The number of H-pyrrole nitrogens is 1. The van der Waals surface area contributed by atoms with E-state index in [0.717, 1.165) is 10.9 Å². The van der Waals surface area contributed by atoms with Crippen LogP contribution < -0.4 is 10.5 Å². The van der Waals surface area contributed by atoms with Crippen molar-refractivity contribution in [3.8, 4) is 5.75 Å². The molecule has 0 atom stereocenters. The number of hydrogen-bond donors (Lipinski definition) is 2. The van der Waals surface area contributed by atoms with E-state index in [9.17, 15) is 4.79 Å². The molecule has 0 spiro atoms. The van der Waals surface area contributed by atoms with Gasteiger partial charge in [-0.25, -0.2) is 4.79 Å². The summed E-state index contributed by atoms with van der Waals surface area (Å²) in [5.74, 6) is 0.458. The lowest BCUT2D eigenvalue weighted by atomic mass is 10.2. The molecule has 0 aliphatic heterocycles. The third kappa shape index (κ3) is 1.46. The largest absolute Gasteiger partial charge is 0.410 e. The molecule has 13 heavy (non-hydrogen) atoms. The Bertz CT molecular complexity index is 448. The Morgan fingerprint density at radius 3 is 3.00 bits per heavy atom. The van der Waals surface area contributed by atoms with Crippen LogP contribution in [0.15, 0.2) is 30.5 Å². The maximum atomic E-state index is 10.4. The minimum absolute atomic E-state index is 0.458. The highest BCUT2D eigenvalue weighted by Gasteiger charge is 2.00. The van der Waals surface area contributed by atoms with Crippen LogP contribution in [-0.4, -0.2) is 11.1 Å². The van der Waals surface area contributed by atoms with Crippen molar-refractivity contribution < 1.29 is 9.53 Å². The van der Waals surface area contributed by atoms with E-state index in [-0.39, 0.29) is 0 Å². The van der Waals surface area contributed by atoms with Crippen LogP contribution in [-0.2, 0) is 0 Å². The number of ether oxygens (including phenoxy) is 1. The van der Waals surface area contributed by atoms with Crippen LogP contribution in [0.4, 0.5) is 4.79 Å². The van der Waals surface area contributed by atoms with E-state index >= 15 is 0 Å². The maximum absolute atomic E-state index is 10.4. The second-order valence-corrected chi connectivity index (χ2v) is 2.65. The zero-order valence-electron chi connectivity index (χ0n) is 6.78. The molecule has 1 heterocycles. The SMILES string of the molecule is NC(=O)Oc1ccc2[nH]ccc2c1. The molecule has 0 aliphatic rings. The van der Waals surface area contributed by atoms with E-state index in [4.69, 9.17) is 10.5 Å². The van der Waals surface area contributed by atoms with Crippen molar-refractivity contribution in [2.45, 2.75) is 0 Å². The van der Waals surface area contributed by atoms with Gasteiger partial charge >= 0.3 is 6.09 Å². The van der Waals surface area contributed by atoms with Crippen molar-refractivity contribution in [2.24, 2.45) is 5.73 Å². The molecule has 0 unspecified atom stereocenters. The van der Waals surface area contributed by atoms with Crippen LogP contribution in [0.1, 0.15) is 0 Å². The molecule has 0 bridgehead atoms. The standard InChI is InChI=1S/C9H8N2O2/c10-9(12)13-7-1-2-8-6(5-7)3-4-11-8/h1-5,11H,(H2,10,12). The van der Waals surface area contributed by atoms with Gasteiger partial charge in [0, 0.05) is 17.1 Å². The second-order valence-electron chi connectivity index (χ2n) is 2.65. The summed E-state index contributed by atoms with van der Waals surface area (Å²) in [4.78, 5) is 13.5. The topological polar surface area (TPSA) is 68.1 Å². The molecule has 0 aliphatic carbocycles. The average Bonchev–Trinajstić information content (AvgIpc) is 2.49. The quantitative estimate of drug-likeness (QED) is 0.693. The number of fused-ring (bicyclic) bond motifs is 1. The first-order valence-corrected chi connectivity index (χ1v) is 3.80. The van der Waals surface area contributed by atoms with E-state index in [1.807, 2.05) is 18.3 Å². The molecule has 0 saturated carbocycles. The summed E-state index contributed by atoms with van der Waals surface area (Å²) in [6.07, 6.45) is 1.02. The Morgan fingerprint density at radius 2 is 2.23 bits per heavy atom. The minimum Gasteiger partial charge on any atom is -0.410 e. The lowest BCUT2D eigenvalue weighted by Gasteiger charge is -1.99. The molecule has 0 saturated heterocycles. The number of aromatic amines is 1. The van der Waals surface area contributed by atoms with E-state index in [0.29, 0.717) is 5.75 Å². The fourth-order valence-electron chi connectivity index (χ4n) is 1.21. The van der Waals surface area contributed by atoms with Gasteiger partial charge in [0.05, 0.1) is 0 Å². The van der Waals surface area contributed by atoms with Gasteiger partial charge in [0.15, 0.2) is 0 Å². The highest BCUT2D eigenvalue weighted by Crippen LogP contribution is 2.19. The van der Waals surface area contributed by atoms with Crippen LogP contribution >= 0.6 is 0 Å². The van der Waals surface area contributed by atoms with Crippen LogP contribution in [0, 0.1) is 0 Å². The number of amides is 1. The summed E-state index contributed by atoms with van der Waals surface area (Å²) in [6, 6.07) is 7.15. The summed E-state index contributed by atoms with van der Waals surface area (Å²) < 4.78 is 4.72. The lowest BCUT2D eigenvalue weighted by molar-refractivity contribution is 0.211. The first kappa shape index (κ1) is 7.67. The number of primary amides is 1. The Morgan fingerprint density at radius 1 is 1.38 bits per heavy atom. The first-order chi connectivity index (χ1) is 6.25. The molecule has 2 rings (SSSR count). The van der Waals surface area contributed by atoms with Gasteiger partial charge in [-0.3, -0.25) is 0 Å². The molecule has 1 amide bonds. The second kappa shape index (κ2) is 2.82. The summed E-state index contributed by atoms with van der Waals surface area (Å²) >= 11 is 0. The van der Waals surface area contributed by atoms with Crippen molar-refractivity contribution in [2.75, 3.05) is 0 Å². The normalized spacial score (nSPS) is 10.2. The average molecular weight is 176 g/mol. The monoisotopic (exact) mass is 176 g/mol. The molecule has 0 radical (unpaired) electrons. The number of benzene rings is 1. The smallest absolute Gasteiger partial charge is 0.409 e. The van der Waals surface area contributed by atoms with Gasteiger partial charge in [-0.1, -0.05) is 0 Å². The molecule has 1 aromatic heterocycles.